The van der Waals surface area contributed by atoms with Crippen LogP contribution in [-0.4, -0.2) is 48.5 Å². The molecular formula is C16H27BrN4S. The lowest BCUT2D eigenvalue weighted by Crippen LogP contribution is -2.44. The zero-order valence-electron chi connectivity index (χ0n) is 13.3. The molecule has 0 spiro atoms. The summed E-state index contributed by atoms with van der Waals surface area (Å²) in [5.41, 5.74) is 7.65. The van der Waals surface area contributed by atoms with Gasteiger partial charge in [-0.25, -0.2) is 0 Å². The lowest BCUT2D eigenvalue weighted by atomic mass is 10.0. The molecular weight excluding hydrogens is 360 g/mol. The van der Waals surface area contributed by atoms with Crippen LogP contribution in [0.1, 0.15) is 30.2 Å². The second-order valence-corrected chi connectivity index (χ2v) is 7.33. The molecule has 3 rings (SSSR count). The molecule has 1 fully saturated rings. The van der Waals surface area contributed by atoms with Crippen LogP contribution in [0, 0.1) is 5.92 Å². The first-order valence-electron chi connectivity index (χ1n) is 8.05. The summed E-state index contributed by atoms with van der Waals surface area (Å²) in [6.07, 6.45) is 3.75. The Bertz CT molecular complexity index is 502. The SMILES string of the molecule is Br.CC1CCCN(C(N)=NCCN2CCc3sccc3C2)C1. The summed E-state index contributed by atoms with van der Waals surface area (Å²) < 4.78 is 0. The number of nitrogens with zero attached hydrogens (tertiary/aromatic N) is 3. The molecule has 3 heterocycles. The summed E-state index contributed by atoms with van der Waals surface area (Å²) in [6.45, 7) is 8.50. The maximum absolute atomic E-state index is 6.15. The van der Waals surface area contributed by atoms with Crippen LogP contribution in [-0.2, 0) is 13.0 Å². The Kier molecular flexibility index (Phi) is 6.71. The van der Waals surface area contributed by atoms with E-state index in [0.29, 0.717) is 0 Å². The molecule has 4 nitrogen and oxygen atoms in total. The predicted molar refractivity (Wildman–Crippen MR) is 100 cm³/mol. The molecule has 0 bridgehead atoms. The summed E-state index contributed by atoms with van der Waals surface area (Å²) in [4.78, 5) is 10.9. The van der Waals surface area contributed by atoms with Crippen molar-refractivity contribution in [2.45, 2.75) is 32.7 Å². The average Bonchev–Trinajstić information content (AvgIpc) is 2.94. The number of likely N-dealkylation sites (tertiary alicyclic amines) is 1. The molecule has 22 heavy (non-hydrogen) atoms. The van der Waals surface area contributed by atoms with Crippen LogP contribution >= 0.6 is 28.3 Å². The molecule has 2 aliphatic heterocycles. The monoisotopic (exact) mass is 386 g/mol. The standard InChI is InChI=1S/C16H26N4S.BrH/c1-13-3-2-7-20(11-13)16(17)18-6-9-19-8-4-15-14(12-19)5-10-21-15;/h5,10,13H,2-4,6-9,11-12H2,1H3,(H2,17,18);1H. The van der Waals surface area contributed by atoms with Gasteiger partial charge in [0.15, 0.2) is 5.96 Å². The molecule has 0 saturated carbocycles. The van der Waals surface area contributed by atoms with Gasteiger partial charge in [0.1, 0.15) is 0 Å². The second kappa shape index (κ2) is 8.31. The number of aliphatic imine (C=N–C) groups is 1. The van der Waals surface area contributed by atoms with Crippen molar-refractivity contribution < 1.29 is 0 Å². The van der Waals surface area contributed by atoms with E-state index in [9.17, 15) is 0 Å². The molecule has 1 aromatic rings. The quantitative estimate of drug-likeness (QED) is 0.641. The largest absolute Gasteiger partial charge is 0.370 e. The minimum Gasteiger partial charge on any atom is -0.370 e. The molecule has 124 valence electrons. The topological polar surface area (TPSA) is 44.9 Å². The summed E-state index contributed by atoms with van der Waals surface area (Å²) in [5, 5.41) is 2.21. The molecule has 1 saturated heterocycles. The number of nitrogens with two attached hydrogens (primary N) is 1. The van der Waals surface area contributed by atoms with E-state index in [4.69, 9.17) is 5.73 Å². The number of hydrogen-bond acceptors (Lipinski definition) is 3. The summed E-state index contributed by atoms with van der Waals surface area (Å²) in [7, 11) is 0. The average molecular weight is 387 g/mol. The van der Waals surface area contributed by atoms with Crippen molar-refractivity contribution >= 4 is 34.3 Å². The van der Waals surface area contributed by atoms with Gasteiger partial charge in [-0.2, -0.15) is 0 Å². The lowest BCUT2D eigenvalue weighted by molar-refractivity contribution is 0.258. The van der Waals surface area contributed by atoms with Gasteiger partial charge < -0.3 is 10.6 Å². The Morgan fingerprint density at radius 3 is 3.14 bits per heavy atom. The van der Waals surface area contributed by atoms with Gasteiger partial charge >= 0.3 is 0 Å². The Morgan fingerprint density at radius 1 is 1.45 bits per heavy atom. The predicted octanol–water partition coefficient (Wildman–Crippen LogP) is 2.73. The van der Waals surface area contributed by atoms with Crippen LogP contribution in [0.5, 0.6) is 0 Å². The maximum Gasteiger partial charge on any atom is 0.191 e. The fourth-order valence-electron chi connectivity index (χ4n) is 3.30. The first-order chi connectivity index (χ1) is 10.2. The molecule has 1 aromatic heterocycles. The third-order valence-electron chi connectivity index (χ3n) is 4.56. The molecule has 0 aromatic carbocycles. The van der Waals surface area contributed by atoms with Crippen molar-refractivity contribution in [3.05, 3.63) is 21.9 Å². The van der Waals surface area contributed by atoms with E-state index < -0.39 is 0 Å². The van der Waals surface area contributed by atoms with Crippen molar-refractivity contribution in [2.24, 2.45) is 16.6 Å². The van der Waals surface area contributed by atoms with Crippen molar-refractivity contribution in [1.82, 2.24) is 9.80 Å². The van der Waals surface area contributed by atoms with Crippen LogP contribution in [0.25, 0.3) is 0 Å². The first kappa shape index (κ1) is 17.8. The van der Waals surface area contributed by atoms with Gasteiger partial charge in [-0.3, -0.25) is 9.89 Å². The van der Waals surface area contributed by atoms with Gasteiger partial charge in [0, 0.05) is 37.6 Å². The van der Waals surface area contributed by atoms with E-state index in [1.165, 1.54) is 24.8 Å². The van der Waals surface area contributed by atoms with Crippen LogP contribution in [0.3, 0.4) is 0 Å². The third kappa shape index (κ3) is 4.46. The second-order valence-electron chi connectivity index (χ2n) is 6.33. The highest BCUT2D eigenvalue weighted by molar-refractivity contribution is 8.93. The first-order valence-corrected chi connectivity index (χ1v) is 8.93. The van der Waals surface area contributed by atoms with Crippen molar-refractivity contribution in [1.29, 1.82) is 0 Å². The fourth-order valence-corrected chi connectivity index (χ4v) is 4.19. The van der Waals surface area contributed by atoms with Crippen molar-refractivity contribution in [2.75, 3.05) is 32.7 Å². The van der Waals surface area contributed by atoms with Crippen LogP contribution in [0.2, 0.25) is 0 Å². The molecule has 0 aliphatic carbocycles. The molecule has 0 radical (unpaired) electrons. The highest BCUT2D eigenvalue weighted by Crippen LogP contribution is 2.23. The van der Waals surface area contributed by atoms with Crippen LogP contribution in [0.15, 0.2) is 16.4 Å². The summed E-state index contributed by atoms with van der Waals surface area (Å²) >= 11 is 1.89. The van der Waals surface area contributed by atoms with Gasteiger partial charge in [-0.1, -0.05) is 6.92 Å². The summed E-state index contributed by atoms with van der Waals surface area (Å²) in [5.74, 6) is 1.49. The Labute approximate surface area is 148 Å². The zero-order chi connectivity index (χ0) is 14.7. The number of halogens is 1. The third-order valence-corrected chi connectivity index (χ3v) is 5.58. The van der Waals surface area contributed by atoms with Gasteiger partial charge in [0.25, 0.3) is 0 Å². The Morgan fingerprint density at radius 2 is 2.32 bits per heavy atom. The molecule has 2 N–H and O–H groups in total. The number of guanidine groups is 1. The lowest BCUT2D eigenvalue weighted by Gasteiger charge is -2.32. The zero-order valence-corrected chi connectivity index (χ0v) is 15.9. The number of thiophene rings is 1. The summed E-state index contributed by atoms with van der Waals surface area (Å²) in [6, 6.07) is 2.26. The number of piperidine rings is 1. The van der Waals surface area contributed by atoms with Gasteiger partial charge in [0.05, 0.1) is 6.54 Å². The minimum absolute atomic E-state index is 0. The van der Waals surface area contributed by atoms with Gasteiger partial charge in [0.2, 0.25) is 0 Å². The Balaban J connectivity index is 0.00000176. The van der Waals surface area contributed by atoms with E-state index in [0.717, 1.165) is 51.1 Å². The normalized spacial score (nSPS) is 23.0. The van der Waals surface area contributed by atoms with E-state index in [1.807, 2.05) is 11.3 Å². The van der Waals surface area contributed by atoms with Crippen LogP contribution < -0.4 is 5.73 Å². The number of rotatable bonds is 3. The molecule has 6 heteroatoms. The highest BCUT2D eigenvalue weighted by atomic mass is 79.9. The van der Waals surface area contributed by atoms with Gasteiger partial charge in [-0.05, 0) is 42.2 Å². The van der Waals surface area contributed by atoms with E-state index in [-0.39, 0.29) is 17.0 Å². The maximum atomic E-state index is 6.15. The smallest absolute Gasteiger partial charge is 0.191 e. The number of hydrogen-bond donors (Lipinski definition) is 1. The van der Waals surface area contributed by atoms with Gasteiger partial charge in [-0.15, -0.1) is 28.3 Å². The highest BCUT2D eigenvalue weighted by Gasteiger charge is 2.18. The molecule has 2 aliphatic rings. The van der Waals surface area contributed by atoms with E-state index in [1.54, 1.807) is 4.88 Å². The van der Waals surface area contributed by atoms with E-state index in [2.05, 4.69) is 33.2 Å². The van der Waals surface area contributed by atoms with Crippen LogP contribution in [0.4, 0.5) is 0 Å². The molecule has 1 unspecified atom stereocenters. The van der Waals surface area contributed by atoms with Crippen molar-refractivity contribution in [3.8, 4) is 0 Å². The molecule has 0 amide bonds. The van der Waals surface area contributed by atoms with E-state index >= 15 is 0 Å². The van der Waals surface area contributed by atoms with Crippen molar-refractivity contribution in [3.63, 3.8) is 0 Å². The fraction of sp³-hybridized carbons (Fsp3) is 0.688. The Hall–Kier alpha value is -0.590. The minimum atomic E-state index is 0. The number of fused-ring (bicyclic) bond motifs is 1. The molecule has 1 atom stereocenters.